The lowest BCUT2D eigenvalue weighted by Crippen LogP contribution is -2.43. The number of allylic oxidation sites excluding steroid dienone is 1. The van der Waals surface area contributed by atoms with Gasteiger partial charge >= 0.3 is 0 Å². The maximum atomic E-state index is 12.8. The summed E-state index contributed by atoms with van der Waals surface area (Å²) >= 11 is 0. The molecule has 0 N–H and O–H groups in total. The summed E-state index contributed by atoms with van der Waals surface area (Å²) < 4.78 is 18.8. The maximum absolute atomic E-state index is 12.8. The fourth-order valence-corrected chi connectivity index (χ4v) is 3.82. The van der Waals surface area contributed by atoms with Gasteiger partial charge in [-0.1, -0.05) is 72.3 Å². The van der Waals surface area contributed by atoms with Crippen molar-refractivity contribution in [1.82, 2.24) is 4.90 Å². The van der Waals surface area contributed by atoms with Crippen molar-refractivity contribution in [2.45, 2.75) is 57.7 Å². The minimum absolute atomic E-state index is 0.0329. The highest BCUT2D eigenvalue weighted by Gasteiger charge is 2.31. The fourth-order valence-electron chi connectivity index (χ4n) is 3.82. The molecule has 0 aromatic heterocycles. The first-order valence-corrected chi connectivity index (χ1v) is 11.3. The Morgan fingerprint density at radius 2 is 1.62 bits per heavy atom. The van der Waals surface area contributed by atoms with E-state index in [0.29, 0.717) is 26.2 Å². The molecule has 0 spiro atoms. The summed E-state index contributed by atoms with van der Waals surface area (Å²) in [4.78, 5) is 14.4. The van der Waals surface area contributed by atoms with Gasteiger partial charge in [0, 0.05) is 20.5 Å². The van der Waals surface area contributed by atoms with E-state index in [9.17, 15) is 4.79 Å². The Balaban J connectivity index is 1.74. The molecule has 1 amide bonds. The normalized spacial score (nSPS) is 23.3. The highest BCUT2D eigenvalue weighted by Crippen LogP contribution is 2.23. The molecule has 1 heterocycles. The van der Waals surface area contributed by atoms with Crippen LogP contribution in [0, 0.1) is 0 Å². The zero-order chi connectivity index (χ0) is 22.8. The number of carbonyl (C=O) groups is 1. The number of hydrogen-bond acceptors (Lipinski definition) is 4. The molecule has 3 atom stereocenters. The lowest BCUT2D eigenvalue weighted by atomic mass is 10.1. The Morgan fingerprint density at radius 1 is 1.00 bits per heavy atom. The van der Waals surface area contributed by atoms with Crippen LogP contribution in [0.25, 0.3) is 0 Å². The molecular weight excluding hydrogens is 402 g/mol. The van der Waals surface area contributed by atoms with Crippen molar-refractivity contribution in [2.24, 2.45) is 0 Å². The highest BCUT2D eigenvalue weighted by molar-refractivity contribution is 5.80. The minimum Gasteiger partial charge on any atom is -0.374 e. The van der Waals surface area contributed by atoms with E-state index in [-0.39, 0.29) is 18.1 Å². The SMILES string of the molecule is C/C1=C\CC[C@@H](OCc2ccccc2)[C@@H](COCc2ccccc2)O[C@@H](C(=O)N(C)C)C1. The molecule has 3 rings (SSSR count). The van der Waals surface area contributed by atoms with Gasteiger partial charge in [0.25, 0.3) is 5.91 Å². The number of rotatable bonds is 8. The molecule has 2 aromatic carbocycles. The van der Waals surface area contributed by atoms with Gasteiger partial charge in [-0.3, -0.25) is 4.79 Å². The number of likely N-dealkylation sites (N-methyl/N-ethyl adjacent to an activating group) is 1. The third kappa shape index (κ3) is 7.59. The monoisotopic (exact) mass is 437 g/mol. The fraction of sp³-hybridized carbons (Fsp3) is 0.444. The van der Waals surface area contributed by atoms with Crippen LogP contribution in [-0.2, 0) is 32.2 Å². The van der Waals surface area contributed by atoms with E-state index in [1.54, 1.807) is 19.0 Å². The lowest BCUT2D eigenvalue weighted by Gasteiger charge is -2.31. The van der Waals surface area contributed by atoms with Crippen LogP contribution in [0.5, 0.6) is 0 Å². The maximum Gasteiger partial charge on any atom is 0.251 e. The lowest BCUT2D eigenvalue weighted by molar-refractivity contribution is -0.162. The number of nitrogens with zero attached hydrogens (tertiary/aromatic N) is 1. The van der Waals surface area contributed by atoms with Gasteiger partial charge in [-0.15, -0.1) is 0 Å². The zero-order valence-corrected chi connectivity index (χ0v) is 19.4. The van der Waals surface area contributed by atoms with E-state index in [0.717, 1.165) is 29.5 Å². The van der Waals surface area contributed by atoms with Crippen molar-refractivity contribution >= 4 is 5.91 Å². The Hall–Kier alpha value is -2.47. The van der Waals surface area contributed by atoms with E-state index in [4.69, 9.17) is 14.2 Å². The van der Waals surface area contributed by atoms with Crippen molar-refractivity contribution in [3.05, 3.63) is 83.4 Å². The van der Waals surface area contributed by atoms with Gasteiger partial charge < -0.3 is 19.1 Å². The smallest absolute Gasteiger partial charge is 0.251 e. The van der Waals surface area contributed by atoms with Crippen LogP contribution in [0.1, 0.15) is 37.3 Å². The molecule has 0 radical (unpaired) electrons. The van der Waals surface area contributed by atoms with E-state index in [1.807, 2.05) is 48.5 Å². The first-order valence-electron chi connectivity index (χ1n) is 11.3. The second-order valence-electron chi connectivity index (χ2n) is 8.56. The molecule has 2 aromatic rings. The summed E-state index contributed by atoms with van der Waals surface area (Å²) in [5.74, 6) is -0.0329. The summed E-state index contributed by atoms with van der Waals surface area (Å²) in [6, 6.07) is 20.2. The van der Waals surface area contributed by atoms with Crippen LogP contribution < -0.4 is 0 Å². The Kier molecular flexibility index (Phi) is 9.47. The topological polar surface area (TPSA) is 48.0 Å². The molecule has 0 bridgehead atoms. The molecule has 0 fully saturated rings. The van der Waals surface area contributed by atoms with Crippen LogP contribution in [-0.4, -0.2) is 49.8 Å². The summed E-state index contributed by atoms with van der Waals surface area (Å²) in [7, 11) is 3.53. The number of hydrogen-bond donors (Lipinski definition) is 0. The second-order valence-corrected chi connectivity index (χ2v) is 8.56. The quantitative estimate of drug-likeness (QED) is 0.559. The third-order valence-electron chi connectivity index (χ3n) is 5.62. The molecule has 0 saturated heterocycles. The van der Waals surface area contributed by atoms with Crippen molar-refractivity contribution in [3.63, 3.8) is 0 Å². The minimum atomic E-state index is -0.549. The molecule has 32 heavy (non-hydrogen) atoms. The molecule has 5 heteroatoms. The predicted octanol–water partition coefficient (Wildman–Crippen LogP) is 4.76. The summed E-state index contributed by atoms with van der Waals surface area (Å²) in [5.41, 5.74) is 3.39. The Morgan fingerprint density at radius 3 is 2.25 bits per heavy atom. The van der Waals surface area contributed by atoms with Crippen LogP contribution in [0.2, 0.25) is 0 Å². The second kappa shape index (κ2) is 12.5. The Labute approximate surface area is 192 Å². The zero-order valence-electron chi connectivity index (χ0n) is 19.4. The van der Waals surface area contributed by atoms with Gasteiger partial charge in [0.2, 0.25) is 0 Å². The van der Waals surface area contributed by atoms with Gasteiger partial charge in [-0.2, -0.15) is 0 Å². The van der Waals surface area contributed by atoms with Gasteiger partial charge in [0.15, 0.2) is 0 Å². The van der Waals surface area contributed by atoms with Gasteiger partial charge in [0.05, 0.1) is 25.9 Å². The van der Waals surface area contributed by atoms with Crippen molar-refractivity contribution in [1.29, 1.82) is 0 Å². The molecule has 1 aliphatic rings. The molecule has 1 aliphatic heterocycles. The average Bonchev–Trinajstić information content (AvgIpc) is 2.87. The molecule has 0 aliphatic carbocycles. The first-order chi connectivity index (χ1) is 15.5. The summed E-state index contributed by atoms with van der Waals surface area (Å²) in [6.07, 6.45) is 3.41. The van der Waals surface area contributed by atoms with Crippen LogP contribution >= 0.6 is 0 Å². The van der Waals surface area contributed by atoms with E-state index in [1.165, 1.54) is 0 Å². The van der Waals surface area contributed by atoms with Gasteiger partial charge in [0.1, 0.15) is 12.2 Å². The molecule has 5 nitrogen and oxygen atoms in total. The average molecular weight is 438 g/mol. The molecule has 0 unspecified atom stereocenters. The van der Waals surface area contributed by atoms with Crippen LogP contribution in [0.4, 0.5) is 0 Å². The summed E-state index contributed by atoms with van der Waals surface area (Å²) in [5, 5.41) is 0. The van der Waals surface area contributed by atoms with Crippen molar-refractivity contribution in [2.75, 3.05) is 20.7 Å². The Bertz CT molecular complexity index is 850. The first kappa shape index (κ1) is 24.2. The van der Waals surface area contributed by atoms with Crippen LogP contribution in [0.15, 0.2) is 72.3 Å². The molecular formula is C27H35NO4. The number of carbonyl (C=O) groups excluding carboxylic acids is 1. The number of benzene rings is 2. The summed E-state index contributed by atoms with van der Waals surface area (Å²) in [6.45, 7) is 3.42. The highest BCUT2D eigenvalue weighted by atomic mass is 16.6. The largest absolute Gasteiger partial charge is 0.374 e. The van der Waals surface area contributed by atoms with Crippen molar-refractivity contribution in [3.8, 4) is 0 Å². The standard InChI is InChI=1S/C27H35NO4/c1-21-11-10-16-24(31-19-23-14-8-5-9-15-23)26(32-25(17-21)27(29)28(2)3)20-30-18-22-12-6-4-7-13-22/h4-9,11-15,24-26H,10,16-20H2,1-3H3/b21-11+/t24-,25-,26-/m1/s1. The molecule has 172 valence electrons. The van der Waals surface area contributed by atoms with Gasteiger partial charge in [-0.05, 0) is 30.9 Å². The van der Waals surface area contributed by atoms with Crippen molar-refractivity contribution < 1.29 is 19.0 Å². The van der Waals surface area contributed by atoms with Crippen LogP contribution in [0.3, 0.4) is 0 Å². The number of amides is 1. The van der Waals surface area contributed by atoms with E-state index < -0.39 is 6.10 Å². The number of ether oxygens (including phenoxy) is 3. The third-order valence-corrected chi connectivity index (χ3v) is 5.62. The van der Waals surface area contributed by atoms with E-state index >= 15 is 0 Å². The predicted molar refractivity (Wildman–Crippen MR) is 126 cm³/mol. The van der Waals surface area contributed by atoms with Gasteiger partial charge in [-0.25, -0.2) is 0 Å². The molecule has 0 saturated carbocycles. The van der Waals surface area contributed by atoms with E-state index in [2.05, 4.69) is 25.1 Å².